The third kappa shape index (κ3) is 4.55. The van der Waals surface area contributed by atoms with Crippen LogP contribution in [0.1, 0.15) is 16.7 Å². The second-order valence-corrected chi connectivity index (χ2v) is 4.99. The normalized spacial score (nSPS) is 10.6. The summed E-state index contributed by atoms with van der Waals surface area (Å²) in [7, 11) is 1.69. The van der Waals surface area contributed by atoms with Crippen LogP contribution in [-0.4, -0.2) is 25.2 Å². The molecule has 0 spiro atoms. The molecule has 0 bridgehead atoms. The number of ether oxygens (including phenoxy) is 2. The molecule has 4 heteroatoms. The molecule has 1 heterocycles. The van der Waals surface area contributed by atoms with E-state index >= 15 is 0 Å². The van der Waals surface area contributed by atoms with Gasteiger partial charge in [0, 0.05) is 32.0 Å². The molecule has 4 nitrogen and oxygen atoms in total. The molecule has 112 valence electrons. The maximum absolute atomic E-state index is 5.92. The molecular formula is C17H22N2O2. The Labute approximate surface area is 126 Å². The van der Waals surface area contributed by atoms with Crippen LogP contribution >= 0.6 is 0 Å². The highest BCUT2D eigenvalue weighted by atomic mass is 16.5. The lowest BCUT2D eigenvalue weighted by atomic mass is 10.1. The third-order valence-corrected chi connectivity index (χ3v) is 3.34. The van der Waals surface area contributed by atoms with E-state index in [2.05, 4.69) is 30.2 Å². The predicted molar refractivity (Wildman–Crippen MR) is 83.8 cm³/mol. The topological polar surface area (TPSA) is 43.4 Å². The van der Waals surface area contributed by atoms with Gasteiger partial charge in [0.25, 0.3) is 0 Å². The highest BCUT2D eigenvalue weighted by Gasteiger charge is 2.06. The minimum atomic E-state index is 0.644. The maximum Gasteiger partial charge on any atom is 0.223 e. The van der Waals surface area contributed by atoms with Crippen LogP contribution in [0.15, 0.2) is 36.5 Å². The van der Waals surface area contributed by atoms with Gasteiger partial charge < -0.3 is 14.8 Å². The molecular weight excluding hydrogens is 264 g/mol. The van der Waals surface area contributed by atoms with Crippen LogP contribution in [0, 0.1) is 13.8 Å². The van der Waals surface area contributed by atoms with Gasteiger partial charge in [-0.1, -0.05) is 12.1 Å². The number of pyridine rings is 1. The molecule has 0 amide bonds. The summed E-state index contributed by atoms with van der Waals surface area (Å²) in [6.07, 6.45) is 1.75. The van der Waals surface area contributed by atoms with E-state index in [0.717, 1.165) is 17.9 Å². The minimum Gasteiger partial charge on any atom is -0.439 e. The first kappa shape index (κ1) is 15.5. The third-order valence-electron chi connectivity index (χ3n) is 3.34. The first-order chi connectivity index (χ1) is 10.2. The zero-order chi connectivity index (χ0) is 15.1. The van der Waals surface area contributed by atoms with E-state index < -0.39 is 0 Å². The highest BCUT2D eigenvalue weighted by Crippen LogP contribution is 2.24. The van der Waals surface area contributed by atoms with Crippen molar-refractivity contribution in [3.63, 3.8) is 0 Å². The molecule has 0 unspecified atom stereocenters. The van der Waals surface area contributed by atoms with E-state index in [4.69, 9.17) is 9.47 Å². The van der Waals surface area contributed by atoms with E-state index in [1.54, 1.807) is 13.3 Å². The van der Waals surface area contributed by atoms with Gasteiger partial charge in [0.15, 0.2) is 0 Å². The lowest BCUT2D eigenvalue weighted by Crippen LogP contribution is -2.19. The summed E-state index contributed by atoms with van der Waals surface area (Å²) in [6, 6.07) is 10.00. The Morgan fingerprint density at radius 2 is 2.00 bits per heavy atom. The van der Waals surface area contributed by atoms with Crippen molar-refractivity contribution >= 4 is 0 Å². The molecule has 21 heavy (non-hydrogen) atoms. The highest BCUT2D eigenvalue weighted by molar-refractivity contribution is 5.37. The first-order valence-corrected chi connectivity index (χ1v) is 7.09. The number of methoxy groups -OCH3 is 1. The van der Waals surface area contributed by atoms with Crippen molar-refractivity contribution in [1.29, 1.82) is 0 Å². The van der Waals surface area contributed by atoms with Crippen molar-refractivity contribution in [3.05, 3.63) is 53.2 Å². The Kier molecular flexibility index (Phi) is 5.72. The predicted octanol–water partition coefficient (Wildman–Crippen LogP) is 3.23. The van der Waals surface area contributed by atoms with Crippen molar-refractivity contribution in [2.45, 2.75) is 20.4 Å². The van der Waals surface area contributed by atoms with Crippen LogP contribution in [0.3, 0.4) is 0 Å². The molecule has 0 saturated carbocycles. The molecule has 0 fully saturated rings. The fraction of sp³-hybridized carbons (Fsp3) is 0.353. The summed E-state index contributed by atoms with van der Waals surface area (Å²) in [5.74, 6) is 1.46. The van der Waals surface area contributed by atoms with Gasteiger partial charge in [0.2, 0.25) is 5.88 Å². The Balaban J connectivity index is 2.06. The van der Waals surface area contributed by atoms with Gasteiger partial charge in [0.05, 0.1) is 6.61 Å². The summed E-state index contributed by atoms with van der Waals surface area (Å²) in [4.78, 5) is 4.33. The van der Waals surface area contributed by atoms with Gasteiger partial charge in [-0.15, -0.1) is 0 Å². The number of benzene rings is 1. The molecule has 2 aromatic rings. The molecule has 0 atom stereocenters. The van der Waals surface area contributed by atoms with Crippen LogP contribution in [0.5, 0.6) is 11.6 Å². The van der Waals surface area contributed by atoms with Gasteiger partial charge in [-0.2, -0.15) is 0 Å². The monoisotopic (exact) mass is 286 g/mol. The number of aromatic nitrogens is 1. The van der Waals surface area contributed by atoms with Crippen molar-refractivity contribution in [2.75, 3.05) is 20.3 Å². The molecule has 0 aliphatic rings. The van der Waals surface area contributed by atoms with Crippen LogP contribution in [0.4, 0.5) is 0 Å². The zero-order valence-corrected chi connectivity index (χ0v) is 12.8. The molecule has 0 radical (unpaired) electrons. The molecule has 0 aliphatic carbocycles. The van der Waals surface area contributed by atoms with Crippen molar-refractivity contribution in [3.8, 4) is 11.6 Å². The number of rotatable bonds is 7. The molecule has 1 aromatic heterocycles. The Morgan fingerprint density at radius 1 is 1.14 bits per heavy atom. The van der Waals surface area contributed by atoms with Crippen LogP contribution in [-0.2, 0) is 11.3 Å². The summed E-state index contributed by atoms with van der Waals surface area (Å²) >= 11 is 0. The van der Waals surface area contributed by atoms with Crippen LogP contribution < -0.4 is 10.1 Å². The summed E-state index contributed by atoms with van der Waals surface area (Å²) in [5, 5.41) is 3.30. The molecule has 2 rings (SSSR count). The van der Waals surface area contributed by atoms with E-state index in [-0.39, 0.29) is 0 Å². The Bertz CT molecular complexity index is 585. The van der Waals surface area contributed by atoms with Crippen LogP contribution in [0.25, 0.3) is 0 Å². The van der Waals surface area contributed by atoms with Crippen molar-refractivity contribution < 1.29 is 9.47 Å². The average Bonchev–Trinajstić information content (AvgIpc) is 2.49. The fourth-order valence-corrected chi connectivity index (χ4v) is 1.94. The number of aryl methyl sites for hydroxylation is 2. The van der Waals surface area contributed by atoms with Crippen molar-refractivity contribution in [1.82, 2.24) is 10.3 Å². The van der Waals surface area contributed by atoms with Gasteiger partial charge in [0.1, 0.15) is 5.75 Å². The van der Waals surface area contributed by atoms with Gasteiger partial charge in [-0.25, -0.2) is 4.98 Å². The lowest BCUT2D eigenvalue weighted by molar-refractivity contribution is 0.199. The van der Waals surface area contributed by atoms with E-state index in [0.29, 0.717) is 19.0 Å². The van der Waals surface area contributed by atoms with Crippen LogP contribution in [0.2, 0.25) is 0 Å². The summed E-state index contributed by atoms with van der Waals surface area (Å²) < 4.78 is 10.9. The second-order valence-electron chi connectivity index (χ2n) is 4.99. The number of hydrogen-bond acceptors (Lipinski definition) is 4. The number of nitrogens with zero attached hydrogens (tertiary/aromatic N) is 1. The van der Waals surface area contributed by atoms with Gasteiger partial charge >= 0.3 is 0 Å². The standard InChI is InChI=1S/C17H22N2O2/c1-13-6-7-16(11-14(13)2)21-17-15(5-4-8-19-17)12-18-9-10-20-3/h4-8,11,18H,9-10,12H2,1-3H3. The number of hydrogen-bond donors (Lipinski definition) is 1. The quantitative estimate of drug-likeness (QED) is 0.794. The SMILES string of the molecule is COCCNCc1cccnc1Oc1ccc(C)c(C)c1. The van der Waals surface area contributed by atoms with E-state index in [1.807, 2.05) is 24.3 Å². The fourth-order valence-electron chi connectivity index (χ4n) is 1.94. The largest absolute Gasteiger partial charge is 0.439 e. The molecule has 0 saturated heterocycles. The minimum absolute atomic E-state index is 0.644. The molecule has 1 N–H and O–H groups in total. The number of nitrogens with one attached hydrogen (secondary N) is 1. The molecule has 1 aromatic carbocycles. The summed E-state index contributed by atoms with van der Waals surface area (Å²) in [6.45, 7) is 6.36. The molecule has 0 aliphatic heterocycles. The Morgan fingerprint density at radius 3 is 2.76 bits per heavy atom. The Hall–Kier alpha value is -1.91. The second kappa shape index (κ2) is 7.76. The van der Waals surface area contributed by atoms with Gasteiger partial charge in [-0.05, 0) is 43.2 Å². The van der Waals surface area contributed by atoms with E-state index in [1.165, 1.54) is 11.1 Å². The average molecular weight is 286 g/mol. The van der Waals surface area contributed by atoms with Gasteiger partial charge in [-0.3, -0.25) is 0 Å². The first-order valence-electron chi connectivity index (χ1n) is 7.09. The smallest absolute Gasteiger partial charge is 0.223 e. The maximum atomic E-state index is 5.92. The lowest BCUT2D eigenvalue weighted by Gasteiger charge is -2.11. The van der Waals surface area contributed by atoms with E-state index in [9.17, 15) is 0 Å². The van der Waals surface area contributed by atoms with Crippen molar-refractivity contribution in [2.24, 2.45) is 0 Å². The zero-order valence-electron chi connectivity index (χ0n) is 12.8. The summed E-state index contributed by atoms with van der Waals surface area (Å²) in [5.41, 5.74) is 3.50.